The molecule has 0 unspecified atom stereocenters. The fourth-order valence-corrected chi connectivity index (χ4v) is 3.97. The molecule has 1 amide bonds. The molecule has 0 spiro atoms. The summed E-state index contributed by atoms with van der Waals surface area (Å²) in [6.07, 6.45) is 6.33. The van der Waals surface area contributed by atoms with Crippen LogP contribution in [0.2, 0.25) is 0 Å². The molecule has 1 atom stereocenters. The quantitative estimate of drug-likeness (QED) is 0.862. The van der Waals surface area contributed by atoms with Gasteiger partial charge >= 0.3 is 0 Å². The summed E-state index contributed by atoms with van der Waals surface area (Å²) in [5, 5.41) is 3.69. The Morgan fingerprint density at radius 1 is 1.25 bits per heavy atom. The lowest BCUT2D eigenvalue weighted by atomic mass is 9.95. The van der Waals surface area contributed by atoms with Gasteiger partial charge in [0.25, 0.3) is 5.91 Å². The molecule has 1 fully saturated rings. The lowest BCUT2D eigenvalue weighted by molar-refractivity contribution is 0.0702. The van der Waals surface area contributed by atoms with Crippen molar-refractivity contribution < 1.29 is 14.3 Å². The number of hydrogen-bond donors (Lipinski definition) is 1. The number of methoxy groups -OCH3 is 1. The van der Waals surface area contributed by atoms with Gasteiger partial charge in [-0.15, -0.1) is 0 Å². The second-order valence-electron chi connectivity index (χ2n) is 7.57. The average Bonchev–Trinajstić information content (AvgIpc) is 2.77. The van der Waals surface area contributed by atoms with Gasteiger partial charge in [0.1, 0.15) is 11.5 Å². The summed E-state index contributed by atoms with van der Waals surface area (Å²) in [6.45, 7) is 3.26. The maximum Gasteiger partial charge on any atom is 0.253 e. The number of nitrogens with one attached hydrogen (secondary N) is 1. The summed E-state index contributed by atoms with van der Waals surface area (Å²) in [4.78, 5) is 18.5. The minimum Gasteiger partial charge on any atom is -0.497 e. The maximum absolute atomic E-state index is 12.5. The molecule has 0 saturated carbocycles. The van der Waals surface area contributed by atoms with Crippen molar-refractivity contribution in [2.24, 2.45) is 5.92 Å². The van der Waals surface area contributed by atoms with E-state index in [-0.39, 0.29) is 5.91 Å². The third-order valence-electron chi connectivity index (χ3n) is 5.66. The Kier molecular flexibility index (Phi) is 5.76. The van der Waals surface area contributed by atoms with E-state index in [4.69, 9.17) is 9.47 Å². The third-order valence-corrected chi connectivity index (χ3v) is 5.66. The third kappa shape index (κ3) is 4.28. The highest BCUT2D eigenvalue weighted by Gasteiger charge is 2.25. The minimum absolute atomic E-state index is 0.105. The summed E-state index contributed by atoms with van der Waals surface area (Å²) in [7, 11) is 1.67. The number of carbonyl (C=O) groups excluding carboxylic acids is 1. The summed E-state index contributed by atoms with van der Waals surface area (Å²) in [6, 6.07) is 10.1. The van der Waals surface area contributed by atoms with Crippen molar-refractivity contribution in [1.29, 1.82) is 0 Å². The number of amides is 1. The second-order valence-corrected chi connectivity index (χ2v) is 7.57. The van der Waals surface area contributed by atoms with Crippen molar-refractivity contribution in [2.45, 2.75) is 25.3 Å². The Morgan fingerprint density at radius 2 is 2.04 bits per heavy atom. The lowest BCUT2D eigenvalue weighted by Gasteiger charge is -2.34. The molecule has 1 N–H and O–H groups in total. The highest BCUT2D eigenvalue weighted by Crippen LogP contribution is 2.31. The van der Waals surface area contributed by atoms with E-state index in [1.807, 2.05) is 17.0 Å². The zero-order valence-corrected chi connectivity index (χ0v) is 16.3. The molecular formula is C22H27N3O3. The monoisotopic (exact) mass is 381 g/mol. The smallest absolute Gasteiger partial charge is 0.253 e. The predicted octanol–water partition coefficient (Wildman–Crippen LogP) is 2.54. The number of hydrogen-bond acceptors (Lipinski definition) is 5. The standard InChI is InChI=1S/C22H27N3O3/c1-27-20-3-2-18-12-16(15-28-21(18)13-20)14-24-19-6-10-25(11-7-19)22(26)17-4-8-23-9-5-17/h2-5,8-9,13,16,19,24H,6-7,10-12,14-15H2,1H3/t16-/m1/s1. The molecule has 4 rings (SSSR count). The molecule has 1 aromatic carbocycles. The average molecular weight is 381 g/mol. The van der Waals surface area contributed by atoms with Gasteiger partial charge in [-0.1, -0.05) is 6.07 Å². The summed E-state index contributed by atoms with van der Waals surface area (Å²) in [5.74, 6) is 2.35. The van der Waals surface area contributed by atoms with Crippen LogP contribution in [-0.2, 0) is 6.42 Å². The number of fused-ring (bicyclic) bond motifs is 1. The second kappa shape index (κ2) is 8.61. The van der Waals surface area contributed by atoms with Crippen LogP contribution >= 0.6 is 0 Å². The van der Waals surface area contributed by atoms with Gasteiger partial charge in [0.15, 0.2) is 0 Å². The van der Waals surface area contributed by atoms with Crippen LogP contribution in [0.5, 0.6) is 11.5 Å². The molecule has 6 heteroatoms. The molecule has 2 aromatic rings. The molecule has 2 aliphatic heterocycles. The van der Waals surface area contributed by atoms with Gasteiger partial charge in [-0.05, 0) is 43.0 Å². The Bertz CT molecular complexity index is 804. The fraction of sp³-hybridized carbons (Fsp3) is 0.455. The van der Waals surface area contributed by atoms with Crippen LogP contribution in [0.15, 0.2) is 42.7 Å². The number of pyridine rings is 1. The highest BCUT2D eigenvalue weighted by atomic mass is 16.5. The zero-order chi connectivity index (χ0) is 19.3. The number of piperidine rings is 1. The molecule has 2 aliphatic rings. The summed E-state index contributed by atoms with van der Waals surface area (Å²) < 4.78 is 11.2. The molecule has 0 aliphatic carbocycles. The van der Waals surface area contributed by atoms with E-state index in [0.717, 1.165) is 62.6 Å². The van der Waals surface area contributed by atoms with Crippen LogP contribution in [-0.4, -0.2) is 55.2 Å². The van der Waals surface area contributed by atoms with E-state index in [2.05, 4.69) is 16.4 Å². The van der Waals surface area contributed by atoms with Crippen molar-refractivity contribution in [3.05, 3.63) is 53.9 Å². The van der Waals surface area contributed by atoms with Gasteiger partial charge in [-0.25, -0.2) is 0 Å². The Morgan fingerprint density at radius 3 is 2.79 bits per heavy atom. The van der Waals surface area contributed by atoms with Crippen molar-refractivity contribution in [3.63, 3.8) is 0 Å². The van der Waals surface area contributed by atoms with Crippen molar-refractivity contribution in [1.82, 2.24) is 15.2 Å². The molecule has 1 saturated heterocycles. The number of carbonyl (C=O) groups is 1. The van der Waals surface area contributed by atoms with Crippen LogP contribution in [0, 0.1) is 5.92 Å². The summed E-state index contributed by atoms with van der Waals surface area (Å²) >= 11 is 0. The van der Waals surface area contributed by atoms with Gasteiger partial charge in [0, 0.05) is 55.6 Å². The van der Waals surface area contributed by atoms with Crippen LogP contribution in [0.25, 0.3) is 0 Å². The van der Waals surface area contributed by atoms with E-state index in [1.54, 1.807) is 31.6 Å². The first-order valence-electron chi connectivity index (χ1n) is 9.95. The highest BCUT2D eigenvalue weighted by molar-refractivity contribution is 5.94. The Balaban J connectivity index is 1.23. The maximum atomic E-state index is 12.5. The van der Waals surface area contributed by atoms with Gasteiger partial charge in [-0.2, -0.15) is 0 Å². The van der Waals surface area contributed by atoms with E-state index < -0.39 is 0 Å². The first-order chi connectivity index (χ1) is 13.7. The molecule has 6 nitrogen and oxygen atoms in total. The molecule has 3 heterocycles. The SMILES string of the molecule is COc1ccc2c(c1)OC[C@@H](CNC1CCN(C(=O)c3ccncc3)CC1)C2. The number of nitrogens with zero attached hydrogens (tertiary/aromatic N) is 2. The first-order valence-corrected chi connectivity index (χ1v) is 9.95. The molecule has 28 heavy (non-hydrogen) atoms. The topological polar surface area (TPSA) is 63.7 Å². The zero-order valence-electron chi connectivity index (χ0n) is 16.3. The molecule has 148 valence electrons. The number of likely N-dealkylation sites (tertiary alicyclic amines) is 1. The predicted molar refractivity (Wildman–Crippen MR) is 107 cm³/mol. The Labute approximate surface area is 165 Å². The normalized spacial score (nSPS) is 19.6. The molecule has 0 bridgehead atoms. The Hall–Kier alpha value is -2.60. The van der Waals surface area contributed by atoms with E-state index >= 15 is 0 Å². The van der Waals surface area contributed by atoms with Crippen LogP contribution in [0.4, 0.5) is 0 Å². The van der Waals surface area contributed by atoms with Crippen molar-refractivity contribution >= 4 is 5.91 Å². The van der Waals surface area contributed by atoms with Crippen LogP contribution < -0.4 is 14.8 Å². The van der Waals surface area contributed by atoms with Crippen molar-refractivity contribution in [3.8, 4) is 11.5 Å². The molecular weight excluding hydrogens is 354 g/mol. The minimum atomic E-state index is 0.105. The van der Waals surface area contributed by atoms with Crippen molar-refractivity contribution in [2.75, 3.05) is 33.4 Å². The number of benzene rings is 1. The van der Waals surface area contributed by atoms with E-state index in [0.29, 0.717) is 12.0 Å². The van der Waals surface area contributed by atoms with Gasteiger partial charge < -0.3 is 19.7 Å². The van der Waals surface area contributed by atoms with Gasteiger partial charge in [0.2, 0.25) is 0 Å². The fourth-order valence-electron chi connectivity index (χ4n) is 3.97. The molecule has 1 aromatic heterocycles. The molecule has 0 radical (unpaired) electrons. The van der Waals surface area contributed by atoms with Crippen LogP contribution in [0.1, 0.15) is 28.8 Å². The lowest BCUT2D eigenvalue weighted by Crippen LogP contribution is -2.46. The largest absolute Gasteiger partial charge is 0.497 e. The number of rotatable bonds is 5. The van der Waals surface area contributed by atoms with Crippen LogP contribution in [0.3, 0.4) is 0 Å². The van der Waals surface area contributed by atoms with E-state index in [1.165, 1.54) is 5.56 Å². The van der Waals surface area contributed by atoms with Gasteiger partial charge in [-0.3, -0.25) is 9.78 Å². The van der Waals surface area contributed by atoms with E-state index in [9.17, 15) is 4.79 Å². The summed E-state index contributed by atoms with van der Waals surface area (Å²) in [5.41, 5.74) is 1.97. The van der Waals surface area contributed by atoms with Gasteiger partial charge in [0.05, 0.1) is 13.7 Å². The number of aromatic nitrogens is 1. The number of ether oxygens (including phenoxy) is 2. The first kappa shape index (κ1) is 18.7.